The van der Waals surface area contributed by atoms with Gasteiger partial charge >= 0.3 is 29.6 Å². The normalized spacial score (nSPS) is 12.8. The Kier molecular flexibility index (Phi) is 6.95. The van der Waals surface area contributed by atoms with Crippen molar-refractivity contribution in [3.05, 3.63) is 29.3 Å². The average molecular weight is 235 g/mol. The van der Waals surface area contributed by atoms with E-state index in [4.69, 9.17) is 16.2 Å². The van der Waals surface area contributed by atoms with Gasteiger partial charge in [0.05, 0.1) is 9.64 Å². The van der Waals surface area contributed by atoms with E-state index in [2.05, 4.69) is 0 Å². The second-order valence-electron chi connectivity index (χ2n) is 1.83. The Morgan fingerprint density at radius 2 is 1.83 bits per heavy atom. The van der Waals surface area contributed by atoms with Crippen LogP contribution in [0.5, 0.6) is 0 Å². The fraction of sp³-hybridized carbons (Fsp3) is 0. The first-order valence-corrected chi connectivity index (χ1v) is 6.01. The van der Waals surface area contributed by atoms with Crippen molar-refractivity contribution in [3.8, 4) is 0 Å². The number of benzene rings is 1. The summed E-state index contributed by atoms with van der Waals surface area (Å²) in [5.74, 6) is 0. The molecule has 1 N–H and O–H groups in total. The van der Waals surface area contributed by atoms with Crippen LogP contribution in [0.4, 0.5) is 0 Å². The minimum atomic E-state index is -2.11. The molecule has 0 amide bonds. The van der Waals surface area contributed by atoms with Crippen molar-refractivity contribution in [2.75, 3.05) is 0 Å². The standard InChI is InChI=1S/C6H7ClO2S2.Na.H/c7-5-1-3-6(4-2-5)10-11(8)9;;/h1-4,10-11H,(H,8,9);;. The van der Waals surface area contributed by atoms with E-state index in [0.29, 0.717) is 15.3 Å². The van der Waals surface area contributed by atoms with Gasteiger partial charge in [-0.2, -0.15) is 0 Å². The van der Waals surface area contributed by atoms with E-state index in [1.807, 2.05) is 0 Å². The van der Waals surface area contributed by atoms with Crippen LogP contribution in [-0.4, -0.2) is 38.3 Å². The molecule has 1 aromatic carbocycles. The van der Waals surface area contributed by atoms with Gasteiger partial charge in [0, 0.05) is 9.92 Å². The summed E-state index contributed by atoms with van der Waals surface area (Å²) in [4.78, 5) is 0.804. The van der Waals surface area contributed by atoms with Crippen LogP contribution < -0.4 is 0 Å². The maximum absolute atomic E-state index is 10.4. The van der Waals surface area contributed by atoms with Gasteiger partial charge in [-0.05, 0) is 24.3 Å². The van der Waals surface area contributed by atoms with E-state index >= 15 is 0 Å². The Balaban J connectivity index is 0.00000121. The van der Waals surface area contributed by atoms with Gasteiger partial charge in [0.15, 0.2) is 0 Å². The molecule has 0 spiro atoms. The van der Waals surface area contributed by atoms with Gasteiger partial charge < -0.3 is 4.55 Å². The summed E-state index contributed by atoms with van der Waals surface area (Å²) in [7, 11) is -1.67. The zero-order valence-corrected chi connectivity index (χ0v) is 7.98. The van der Waals surface area contributed by atoms with Crippen molar-refractivity contribution < 1.29 is 8.76 Å². The number of hydrogen-bond donors (Lipinski definition) is 3. The molecule has 0 fully saturated rings. The Morgan fingerprint density at radius 3 is 2.25 bits per heavy atom. The van der Waals surface area contributed by atoms with Crippen molar-refractivity contribution in [2.24, 2.45) is 0 Å². The predicted octanol–water partition coefficient (Wildman–Crippen LogP) is 0.734. The first-order valence-electron chi connectivity index (χ1n) is 2.82. The zero-order valence-electron chi connectivity index (χ0n) is 5.44. The molecule has 1 atom stereocenters. The summed E-state index contributed by atoms with van der Waals surface area (Å²) < 4.78 is 18.9. The van der Waals surface area contributed by atoms with E-state index < -0.39 is 9.64 Å². The molecule has 0 heterocycles. The molecule has 0 saturated carbocycles. The number of thiol groups is 2. The molecule has 6 heteroatoms. The molecule has 1 rings (SSSR count). The Morgan fingerprint density at radius 1 is 1.33 bits per heavy atom. The first kappa shape index (κ1) is 13.0. The maximum atomic E-state index is 10.4. The van der Waals surface area contributed by atoms with Crippen molar-refractivity contribution in [2.45, 2.75) is 4.90 Å². The van der Waals surface area contributed by atoms with Crippen LogP contribution in [-0.2, 0) is 20.0 Å². The molecule has 64 valence electrons. The molecule has 0 radical (unpaired) electrons. The minimum absolute atomic E-state index is 0. The van der Waals surface area contributed by atoms with Gasteiger partial charge in [-0.1, -0.05) is 21.9 Å². The molecule has 12 heavy (non-hydrogen) atoms. The van der Waals surface area contributed by atoms with Crippen LogP contribution in [0.2, 0.25) is 5.02 Å². The topological polar surface area (TPSA) is 37.3 Å². The third-order valence-corrected chi connectivity index (χ3v) is 3.19. The summed E-state index contributed by atoms with van der Waals surface area (Å²) in [6.07, 6.45) is 0. The van der Waals surface area contributed by atoms with Crippen molar-refractivity contribution in [1.82, 2.24) is 0 Å². The molecule has 0 aliphatic carbocycles. The molecule has 0 aliphatic rings. The van der Waals surface area contributed by atoms with Gasteiger partial charge in [0.2, 0.25) is 0 Å². The monoisotopic (exact) mass is 234 g/mol. The van der Waals surface area contributed by atoms with Gasteiger partial charge in [-0.25, -0.2) is 4.21 Å². The van der Waals surface area contributed by atoms with Crippen LogP contribution in [0, 0.1) is 0 Å². The van der Waals surface area contributed by atoms with Gasteiger partial charge in [0.1, 0.15) is 0 Å². The summed E-state index contributed by atoms with van der Waals surface area (Å²) in [6, 6.07) is 6.85. The SMILES string of the molecule is O=[SH](O)=[SH]c1ccc(Cl)cc1.[NaH]. The molecule has 1 unspecified atom stereocenters. The van der Waals surface area contributed by atoms with Crippen LogP contribution in [0.3, 0.4) is 0 Å². The summed E-state index contributed by atoms with van der Waals surface area (Å²) in [5, 5.41) is 0.636. The third kappa shape index (κ3) is 4.87. The third-order valence-electron chi connectivity index (χ3n) is 1.03. The summed E-state index contributed by atoms with van der Waals surface area (Å²) >= 11 is 5.61. The van der Waals surface area contributed by atoms with Crippen LogP contribution in [0.1, 0.15) is 0 Å². The second-order valence-corrected chi connectivity index (χ2v) is 5.11. The van der Waals surface area contributed by atoms with Crippen LogP contribution >= 0.6 is 11.6 Å². The summed E-state index contributed by atoms with van der Waals surface area (Å²) in [6.45, 7) is 0. The fourth-order valence-electron chi connectivity index (χ4n) is 0.607. The first-order chi connectivity index (χ1) is 5.18. The quantitative estimate of drug-likeness (QED) is 0.495. The number of rotatable bonds is 1. The molecule has 0 bridgehead atoms. The second kappa shape index (κ2) is 6.43. The molecule has 2 nitrogen and oxygen atoms in total. The van der Waals surface area contributed by atoms with E-state index in [0.717, 1.165) is 4.90 Å². The Hall–Kier alpha value is 0.970. The van der Waals surface area contributed by atoms with E-state index in [-0.39, 0.29) is 29.6 Å². The van der Waals surface area contributed by atoms with E-state index in [9.17, 15) is 4.21 Å². The predicted molar refractivity (Wildman–Crippen MR) is 57.8 cm³/mol. The molecular formula is C6H8ClNaO2S2. The van der Waals surface area contributed by atoms with E-state index in [1.165, 1.54) is 0 Å². The number of hydrogen-bond acceptors (Lipinski definition) is 1. The van der Waals surface area contributed by atoms with Gasteiger partial charge in [-0.15, -0.1) is 0 Å². The Labute approximate surface area is 103 Å². The molecule has 0 aliphatic heterocycles. The number of halogens is 1. The van der Waals surface area contributed by atoms with E-state index in [1.54, 1.807) is 24.3 Å². The Bertz CT molecular complexity index is 319. The van der Waals surface area contributed by atoms with Gasteiger partial charge in [-0.3, -0.25) is 0 Å². The average Bonchev–Trinajstić information content (AvgIpc) is 1.93. The van der Waals surface area contributed by atoms with Crippen LogP contribution in [0.25, 0.3) is 0 Å². The molecule has 0 aromatic heterocycles. The van der Waals surface area contributed by atoms with Crippen molar-refractivity contribution in [3.63, 3.8) is 0 Å². The molecular weight excluding hydrogens is 227 g/mol. The van der Waals surface area contributed by atoms with Crippen molar-refractivity contribution >= 4 is 61.1 Å². The zero-order chi connectivity index (χ0) is 8.27. The summed E-state index contributed by atoms with van der Waals surface area (Å²) in [5.41, 5.74) is 0. The fourth-order valence-corrected chi connectivity index (χ4v) is 2.21. The molecule has 1 aromatic rings. The molecule has 0 saturated heterocycles. The van der Waals surface area contributed by atoms with Crippen molar-refractivity contribution in [1.29, 1.82) is 0 Å². The van der Waals surface area contributed by atoms with Crippen LogP contribution in [0.15, 0.2) is 29.2 Å². The van der Waals surface area contributed by atoms with Gasteiger partial charge in [0.25, 0.3) is 0 Å².